The lowest BCUT2D eigenvalue weighted by Gasteiger charge is -2.39. The number of benzene rings is 2. The van der Waals surface area contributed by atoms with Crippen molar-refractivity contribution in [3.63, 3.8) is 0 Å². The molecule has 0 radical (unpaired) electrons. The van der Waals surface area contributed by atoms with Crippen LogP contribution in [-0.4, -0.2) is 70.7 Å². The molecule has 3 heterocycles. The van der Waals surface area contributed by atoms with E-state index in [9.17, 15) is 19.5 Å². The van der Waals surface area contributed by atoms with E-state index in [-0.39, 0.29) is 37.4 Å². The summed E-state index contributed by atoms with van der Waals surface area (Å²) in [5.41, 5.74) is -1.02. The van der Waals surface area contributed by atoms with Crippen molar-refractivity contribution in [3.05, 3.63) is 84.9 Å². The van der Waals surface area contributed by atoms with Crippen LogP contribution in [0.4, 0.5) is 11.4 Å². The summed E-state index contributed by atoms with van der Waals surface area (Å²) in [6.07, 6.45) is 4.61. The Hall–Kier alpha value is -3.46. The topological polar surface area (TPSA) is 90.4 Å². The minimum absolute atomic E-state index is 0.151. The molecule has 42 heavy (non-hydrogen) atoms. The van der Waals surface area contributed by atoms with Crippen LogP contribution in [0.3, 0.4) is 0 Å². The second kappa shape index (κ2) is 11.7. The molecule has 8 nitrogen and oxygen atoms in total. The van der Waals surface area contributed by atoms with Crippen molar-refractivity contribution >= 4 is 40.7 Å². The van der Waals surface area contributed by atoms with E-state index in [1.54, 1.807) is 41.3 Å². The molecule has 3 saturated heterocycles. The number of amides is 3. The highest BCUT2D eigenvalue weighted by atomic mass is 35.5. The van der Waals surface area contributed by atoms with Crippen LogP contribution in [0.2, 0.25) is 5.02 Å². The zero-order valence-corrected chi connectivity index (χ0v) is 24.9. The fraction of sp³-hybridized carbons (Fsp3) is 0.424. The number of hydrogen-bond donors (Lipinski definition) is 1. The van der Waals surface area contributed by atoms with Gasteiger partial charge in [0.25, 0.3) is 5.91 Å². The molecule has 1 spiro atoms. The maximum Gasteiger partial charge on any atom is 0.253 e. The number of rotatable bonds is 11. The van der Waals surface area contributed by atoms with E-state index in [0.717, 1.165) is 0 Å². The molecule has 5 rings (SSSR count). The molecule has 2 aromatic rings. The van der Waals surface area contributed by atoms with E-state index in [0.29, 0.717) is 35.7 Å². The van der Waals surface area contributed by atoms with Crippen LogP contribution in [0.25, 0.3) is 0 Å². The highest BCUT2D eigenvalue weighted by Crippen LogP contribution is 2.64. The molecular weight excluding hydrogens is 554 g/mol. The molecule has 3 aliphatic heterocycles. The van der Waals surface area contributed by atoms with Gasteiger partial charge >= 0.3 is 0 Å². The zero-order valence-electron chi connectivity index (χ0n) is 24.1. The molecule has 2 aromatic carbocycles. The Morgan fingerprint density at radius 2 is 1.71 bits per heavy atom. The zero-order chi connectivity index (χ0) is 30.2. The average molecular weight is 592 g/mol. The van der Waals surface area contributed by atoms with Crippen LogP contribution < -0.4 is 9.80 Å². The predicted octanol–water partition coefficient (Wildman–Crippen LogP) is 4.61. The number of aliphatic hydroxyl groups excluding tert-OH is 1. The van der Waals surface area contributed by atoms with Gasteiger partial charge in [-0.15, -0.1) is 13.2 Å². The Bertz CT molecular complexity index is 1380. The van der Waals surface area contributed by atoms with Gasteiger partial charge in [-0.3, -0.25) is 14.4 Å². The molecule has 3 amide bonds. The molecule has 3 fully saturated rings. The van der Waals surface area contributed by atoms with Gasteiger partial charge in [-0.2, -0.15) is 0 Å². The predicted molar refractivity (Wildman–Crippen MR) is 163 cm³/mol. The number of hydrogen-bond acceptors (Lipinski definition) is 5. The molecule has 1 N–H and O–H groups in total. The summed E-state index contributed by atoms with van der Waals surface area (Å²) in [5, 5.41) is 10.8. The fourth-order valence-electron chi connectivity index (χ4n) is 7.31. The number of anilines is 2. The van der Waals surface area contributed by atoms with Crippen LogP contribution in [0, 0.1) is 11.8 Å². The summed E-state index contributed by atoms with van der Waals surface area (Å²) >= 11 is 6.55. The van der Waals surface area contributed by atoms with E-state index in [1.165, 1.54) is 9.80 Å². The Morgan fingerprint density at radius 3 is 2.33 bits per heavy atom. The third-order valence-corrected chi connectivity index (χ3v) is 9.48. The Kier molecular flexibility index (Phi) is 8.34. The number of halogens is 1. The quantitative estimate of drug-likeness (QED) is 0.385. The molecule has 0 aliphatic carbocycles. The molecule has 0 aromatic heterocycles. The highest BCUT2D eigenvalue weighted by molar-refractivity contribution is 6.34. The third-order valence-electron chi connectivity index (χ3n) is 9.16. The van der Waals surface area contributed by atoms with E-state index in [4.69, 9.17) is 16.3 Å². The molecule has 222 valence electrons. The van der Waals surface area contributed by atoms with Crippen molar-refractivity contribution in [2.45, 2.75) is 56.4 Å². The van der Waals surface area contributed by atoms with Gasteiger partial charge in [-0.05, 0) is 50.5 Å². The lowest BCUT2D eigenvalue weighted by atomic mass is 9.66. The molecular formula is C33H38ClN3O5. The first-order chi connectivity index (χ1) is 20.2. The van der Waals surface area contributed by atoms with Gasteiger partial charge in [0, 0.05) is 18.8 Å². The minimum Gasteiger partial charge on any atom is -0.394 e. The van der Waals surface area contributed by atoms with Gasteiger partial charge in [-0.25, -0.2) is 0 Å². The van der Waals surface area contributed by atoms with Gasteiger partial charge in [0.2, 0.25) is 11.8 Å². The average Bonchev–Trinajstić information content (AvgIpc) is 3.56. The van der Waals surface area contributed by atoms with E-state index >= 15 is 0 Å². The molecule has 2 unspecified atom stereocenters. The standard InChI is InChI=1S/C33H38ClN3O5/c1-5-19-35(23-13-9-8-10-14-23)29(39)26-27-30(40)37(22(7-3)21-38)28(33(27)18-17-32(26,4)42-33)31(41)36(20-6-2)25-16-12-11-15-24(25)34/h5-6,8-16,22,26-28,38H,1-2,7,17-21H2,3-4H3/t22-,26+,27-,28?,32-,33?/m0/s1. The fourth-order valence-corrected chi connectivity index (χ4v) is 7.55. The van der Waals surface area contributed by atoms with Crippen LogP contribution in [0.1, 0.15) is 33.1 Å². The summed E-state index contributed by atoms with van der Waals surface area (Å²) in [6, 6.07) is 14.6. The largest absolute Gasteiger partial charge is 0.394 e. The number of likely N-dealkylation sites (tertiary alicyclic amines) is 1. The summed E-state index contributed by atoms with van der Waals surface area (Å²) in [4.78, 5) is 48.3. The second-order valence-electron chi connectivity index (χ2n) is 11.5. The second-order valence-corrected chi connectivity index (χ2v) is 11.9. The maximum absolute atomic E-state index is 14.7. The van der Waals surface area contributed by atoms with Crippen molar-refractivity contribution in [1.82, 2.24) is 4.90 Å². The van der Waals surface area contributed by atoms with Gasteiger partial charge < -0.3 is 24.5 Å². The first kappa shape index (κ1) is 30.0. The monoisotopic (exact) mass is 591 g/mol. The number of aliphatic hydroxyl groups is 1. The van der Waals surface area contributed by atoms with Gasteiger partial charge in [0.15, 0.2) is 0 Å². The van der Waals surface area contributed by atoms with Crippen LogP contribution in [0.15, 0.2) is 79.9 Å². The Balaban J connectivity index is 1.63. The minimum atomic E-state index is -1.25. The van der Waals surface area contributed by atoms with E-state index < -0.39 is 35.1 Å². The van der Waals surface area contributed by atoms with Crippen molar-refractivity contribution in [2.75, 3.05) is 29.5 Å². The van der Waals surface area contributed by atoms with Crippen LogP contribution in [0.5, 0.6) is 0 Å². The van der Waals surface area contributed by atoms with Crippen molar-refractivity contribution in [2.24, 2.45) is 11.8 Å². The summed E-state index contributed by atoms with van der Waals surface area (Å²) in [7, 11) is 0. The lowest BCUT2D eigenvalue weighted by molar-refractivity contribution is -0.148. The first-order valence-corrected chi connectivity index (χ1v) is 14.8. The molecule has 2 bridgehead atoms. The number of ether oxygens (including phenoxy) is 1. The van der Waals surface area contributed by atoms with Gasteiger partial charge in [0.05, 0.1) is 40.8 Å². The van der Waals surface area contributed by atoms with Crippen molar-refractivity contribution in [1.29, 1.82) is 0 Å². The summed E-state index contributed by atoms with van der Waals surface area (Å²) in [6.45, 7) is 11.5. The molecule has 6 atom stereocenters. The normalized spacial score (nSPS) is 28.3. The summed E-state index contributed by atoms with van der Waals surface area (Å²) < 4.78 is 6.81. The summed E-state index contributed by atoms with van der Waals surface area (Å²) in [5.74, 6) is -2.70. The number of carbonyl (C=O) groups is 3. The van der Waals surface area contributed by atoms with Crippen molar-refractivity contribution in [3.8, 4) is 0 Å². The maximum atomic E-state index is 14.7. The number of para-hydroxylation sites is 2. The Labute approximate surface area is 252 Å². The SMILES string of the molecule is C=CCN(C(=O)[C@H]1[C@H]2C(=O)N([C@@H](CC)CO)C(C(=O)N(CC=C)c3ccccc3Cl)C23CC[C@]1(C)O3)c1ccccc1. The Morgan fingerprint density at radius 1 is 1.07 bits per heavy atom. The third kappa shape index (κ3) is 4.57. The molecule has 3 aliphatic rings. The molecule has 9 heteroatoms. The van der Waals surface area contributed by atoms with Crippen LogP contribution in [-0.2, 0) is 19.1 Å². The number of nitrogens with zero attached hydrogens (tertiary/aromatic N) is 3. The van der Waals surface area contributed by atoms with Crippen LogP contribution >= 0.6 is 11.6 Å². The number of fused-ring (bicyclic) bond motifs is 1. The van der Waals surface area contributed by atoms with E-state index in [1.807, 2.05) is 44.2 Å². The smallest absolute Gasteiger partial charge is 0.253 e. The van der Waals surface area contributed by atoms with Gasteiger partial charge in [0.1, 0.15) is 11.6 Å². The van der Waals surface area contributed by atoms with E-state index in [2.05, 4.69) is 13.2 Å². The first-order valence-electron chi connectivity index (χ1n) is 14.5. The lowest BCUT2D eigenvalue weighted by Crippen LogP contribution is -2.59. The number of carbonyl (C=O) groups excluding carboxylic acids is 3. The van der Waals surface area contributed by atoms with Gasteiger partial charge in [-0.1, -0.05) is 61.0 Å². The molecule has 0 saturated carbocycles. The van der Waals surface area contributed by atoms with Crippen molar-refractivity contribution < 1.29 is 24.2 Å². The highest BCUT2D eigenvalue weighted by Gasteiger charge is 2.79.